The van der Waals surface area contributed by atoms with Crippen molar-refractivity contribution in [3.05, 3.63) is 34.9 Å². The Morgan fingerprint density at radius 2 is 2.12 bits per heavy atom. The van der Waals surface area contributed by atoms with Crippen LogP contribution in [-0.2, 0) is 6.54 Å². The predicted molar refractivity (Wildman–Crippen MR) is 66.4 cm³/mol. The molecule has 1 atom stereocenters. The standard InChI is InChI=1S/C14H21NO/c1-10-4-3-5-13(11(10)2)8-15-9-14(16)12-6-7-12/h3-5,12,14-16H,6-9H2,1-2H3. The smallest absolute Gasteiger partial charge is 0.0692 e. The van der Waals surface area contributed by atoms with E-state index >= 15 is 0 Å². The summed E-state index contributed by atoms with van der Waals surface area (Å²) in [6, 6.07) is 6.38. The number of rotatable bonds is 5. The molecule has 0 spiro atoms. The van der Waals surface area contributed by atoms with E-state index in [1.54, 1.807) is 0 Å². The predicted octanol–water partition coefficient (Wildman–Crippen LogP) is 2.16. The lowest BCUT2D eigenvalue weighted by Crippen LogP contribution is -2.28. The van der Waals surface area contributed by atoms with Crippen molar-refractivity contribution in [2.24, 2.45) is 5.92 Å². The second kappa shape index (κ2) is 4.98. The van der Waals surface area contributed by atoms with Gasteiger partial charge in [0.15, 0.2) is 0 Å². The molecule has 2 heteroatoms. The average Bonchev–Trinajstić information content (AvgIpc) is 3.07. The number of hydrogen-bond donors (Lipinski definition) is 2. The molecule has 0 aliphatic heterocycles. The molecule has 1 aromatic rings. The minimum absolute atomic E-state index is 0.148. The van der Waals surface area contributed by atoms with Gasteiger partial charge in [0.1, 0.15) is 0 Å². The van der Waals surface area contributed by atoms with Gasteiger partial charge in [0.2, 0.25) is 0 Å². The topological polar surface area (TPSA) is 32.3 Å². The molecule has 0 amide bonds. The Bertz CT molecular complexity index is 358. The Kier molecular flexibility index (Phi) is 3.62. The van der Waals surface area contributed by atoms with Crippen LogP contribution in [0.2, 0.25) is 0 Å². The number of nitrogens with one attached hydrogen (secondary N) is 1. The van der Waals surface area contributed by atoms with Crippen molar-refractivity contribution in [3.8, 4) is 0 Å². The van der Waals surface area contributed by atoms with Gasteiger partial charge in [-0.25, -0.2) is 0 Å². The first kappa shape index (κ1) is 11.6. The van der Waals surface area contributed by atoms with Crippen molar-refractivity contribution in [1.29, 1.82) is 0 Å². The summed E-state index contributed by atoms with van der Waals surface area (Å²) in [5.41, 5.74) is 4.03. The van der Waals surface area contributed by atoms with Crippen molar-refractivity contribution < 1.29 is 5.11 Å². The van der Waals surface area contributed by atoms with Gasteiger partial charge in [0.05, 0.1) is 6.10 Å². The van der Waals surface area contributed by atoms with E-state index in [0.29, 0.717) is 5.92 Å². The molecule has 0 radical (unpaired) electrons. The van der Waals surface area contributed by atoms with Crippen LogP contribution in [0.25, 0.3) is 0 Å². The molecule has 2 N–H and O–H groups in total. The Morgan fingerprint density at radius 1 is 1.38 bits per heavy atom. The third-order valence-corrected chi connectivity index (χ3v) is 3.55. The SMILES string of the molecule is Cc1cccc(CNCC(O)C2CC2)c1C. The normalized spacial score (nSPS) is 17.4. The van der Waals surface area contributed by atoms with Gasteiger partial charge in [0, 0.05) is 13.1 Å². The maximum absolute atomic E-state index is 9.73. The van der Waals surface area contributed by atoms with Crippen LogP contribution in [0.4, 0.5) is 0 Å². The summed E-state index contributed by atoms with van der Waals surface area (Å²) in [6.45, 7) is 5.87. The highest BCUT2D eigenvalue weighted by molar-refractivity contribution is 5.32. The Morgan fingerprint density at radius 3 is 2.81 bits per heavy atom. The van der Waals surface area contributed by atoms with E-state index < -0.39 is 0 Å². The van der Waals surface area contributed by atoms with Crippen LogP contribution in [0, 0.1) is 19.8 Å². The van der Waals surface area contributed by atoms with E-state index in [0.717, 1.165) is 13.1 Å². The molecule has 1 fully saturated rings. The zero-order valence-corrected chi connectivity index (χ0v) is 10.2. The highest BCUT2D eigenvalue weighted by Gasteiger charge is 2.29. The summed E-state index contributed by atoms with van der Waals surface area (Å²) in [5, 5.41) is 13.1. The van der Waals surface area contributed by atoms with Crippen molar-refractivity contribution in [2.45, 2.75) is 39.3 Å². The number of hydrogen-bond acceptors (Lipinski definition) is 2. The van der Waals surface area contributed by atoms with Crippen LogP contribution in [-0.4, -0.2) is 17.8 Å². The number of benzene rings is 1. The molecule has 2 nitrogen and oxygen atoms in total. The molecule has 88 valence electrons. The van der Waals surface area contributed by atoms with Gasteiger partial charge in [-0.2, -0.15) is 0 Å². The molecule has 1 aliphatic carbocycles. The van der Waals surface area contributed by atoms with E-state index in [2.05, 4.69) is 37.4 Å². The van der Waals surface area contributed by atoms with E-state index in [1.807, 2.05) is 0 Å². The van der Waals surface area contributed by atoms with Crippen LogP contribution >= 0.6 is 0 Å². The molecular weight excluding hydrogens is 198 g/mol. The van der Waals surface area contributed by atoms with Crippen molar-refractivity contribution >= 4 is 0 Å². The average molecular weight is 219 g/mol. The van der Waals surface area contributed by atoms with Crippen LogP contribution in [0.3, 0.4) is 0 Å². The van der Waals surface area contributed by atoms with Crippen molar-refractivity contribution in [1.82, 2.24) is 5.32 Å². The van der Waals surface area contributed by atoms with Gasteiger partial charge in [-0.1, -0.05) is 18.2 Å². The first-order valence-electron chi connectivity index (χ1n) is 6.12. The molecule has 1 aliphatic rings. The number of aryl methyl sites for hydroxylation is 1. The van der Waals surface area contributed by atoms with Gasteiger partial charge in [0.25, 0.3) is 0 Å². The van der Waals surface area contributed by atoms with E-state index in [9.17, 15) is 5.11 Å². The lowest BCUT2D eigenvalue weighted by Gasteiger charge is -2.12. The van der Waals surface area contributed by atoms with Gasteiger partial charge < -0.3 is 10.4 Å². The second-order valence-electron chi connectivity index (χ2n) is 4.89. The fraction of sp³-hybridized carbons (Fsp3) is 0.571. The molecule has 0 aromatic heterocycles. The second-order valence-corrected chi connectivity index (χ2v) is 4.89. The molecule has 0 bridgehead atoms. The molecule has 1 saturated carbocycles. The quantitative estimate of drug-likeness (QED) is 0.795. The Labute approximate surface area is 97.7 Å². The lowest BCUT2D eigenvalue weighted by molar-refractivity contribution is 0.148. The maximum atomic E-state index is 9.73. The van der Waals surface area contributed by atoms with Crippen molar-refractivity contribution in [3.63, 3.8) is 0 Å². The van der Waals surface area contributed by atoms with Crippen LogP contribution in [0.1, 0.15) is 29.5 Å². The van der Waals surface area contributed by atoms with Gasteiger partial charge in [-0.3, -0.25) is 0 Å². The summed E-state index contributed by atoms with van der Waals surface area (Å²) in [4.78, 5) is 0. The molecule has 2 rings (SSSR count). The molecule has 0 saturated heterocycles. The van der Waals surface area contributed by atoms with Crippen LogP contribution in [0.15, 0.2) is 18.2 Å². The van der Waals surface area contributed by atoms with Gasteiger partial charge in [-0.15, -0.1) is 0 Å². The molecule has 0 heterocycles. The van der Waals surface area contributed by atoms with E-state index in [4.69, 9.17) is 0 Å². The van der Waals surface area contributed by atoms with Crippen molar-refractivity contribution in [2.75, 3.05) is 6.54 Å². The Hall–Kier alpha value is -0.860. The van der Waals surface area contributed by atoms with E-state index in [1.165, 1.54) is 29.5 Å². The zero-order chi connectivity index (χ0) is 11.5. The first-order chi connectivity index (χ1) is 7.68. The van der Waals surface area contributed by atoms with Gasteiger partial charge in [-0.05, 0) is 49.3 Å². The molecule has 16 heavy (non-hydrogen) atoms. The number of aliphatic hydroxyl groups is 1. The third kappa shape index (κ3) is 2.83. The lowest BCUT2D eigenvalue weighted by atomic mass is 10.0. The third-order valence-electron chi connectivity index (χ3n) is 3.55. The summed E-state index contributed by atoms with van der Waals surface area (Å²) < 4.78 is 0. The summed E-state index contributed by atoms with van der Waals surface area (Å²) in [7, 11) is 0. The molecular formula is C14H21NO. The highest BCUT2D eigenvalue weighted by atomic mass is 16.3. The summed E-state index contributed by atoms with van der Waals surface area (Å²) >= 11 is 0. The first-order valence-corrected chi connectivity index (χ1v) is 6.12. The fourth-order valence-corrected chi connectivity index (χ4v) is 2.01. The zero-order valence-electron chi connectivity index (χ0n) is 10.2. The van der Waals surface area contributed by atoms with Crippen LogP contribution in [0.5, 0.6) is 0 Å². The summed E-state index contributed by atoms with van der Waals surface area (Å²) in [6.07, 6.45) is 2.25. The van der Waals surface area contributed by atoms with E-state index in [-0.39, 0.29) is 6.10 Å². The minimum atomic E-state index is -0.148. The minimum Gasteiger partial charge on any atom is -0.392 e. The van der Waals surface area contributed by atoms with Gasteiger partial charge >= 0.3 is 0 Å². The maximum Gasteiger partial charge on any atom is 0.0692 e. The Balaban J connectivity index is 1.82. The molecule has 1 unspecified atom stereocenters. The number of aliphatic hydroxyl groups excluding tert-OH is 1. The molecule has 1 aromatic carbocycles. The largest absolute Gasteiger partial charge is 0.392 e. The van der Waals surface area contributed by atoms with Crippen LogP contribution < -0.4 is 5.32 Å². The fourth-order valence-electron chi connectivity index (χ4n) is 2.01. The highest BCUT2D eigenvalue weighted by Crippen LogP contribution is 2.32. The monoisotopic (exact) mass is 219 g/mol. The summed E-state index contributed by atoms with van der Waals surface area (Å²) in [5.74, 6) is 0.561.